The van der Waals surface area contributed by atoms with Gasteiger partial charge in [-0.05, 0) is 35.9 Å². The fourth-order valence-electron chi connectivity index (χ4n) is 2.19. The molecule has 0 aromatic heterocycles. The predicted molar refractivity (Wildman–Crippen MR) is 97.5 cm³/mol. The van der Waals surface area contributed by atoms with E-state index in [9.17, 15) is 18.4 Å². The Morgan fingerprint density at radius 3 is 2.39 bits per heavy atom. The van der Waals surface area contributed by atoms with Gasteiger partial charge >= 0.3 is 12.6 Å². The highest BCUT2D eigenvalue weighted by atomic mass is 19.3. The first-order valence-electron chi connectivity index (χ1n) is 8.11. The number of alkyl halides is 2. The van der Waals surface area contributed by atoms with Crippen LogP contribution < -0.4 is 9.64 Å². The van der Waals surface area contributed by atoms with Crippen molar-refractivity contribution in [2.45, 2.75) is 6.61 Å². The van der Waals surface area contributed by atoms with Crippen molar-refractivity contribution in [3.05, 3.63) is 66.2 Å². The molecule has 6 nitrogen and oxygen atoms in total. The fraction of sp³-hybridized carbons (Fsp3) is 0.150. The normalized spacial score (nSPS) is 10.5. The highest BCUT2D eigenvalue weighted by Gasteiger charge is 2.16. The lowest BCUT2D eigenvalue weighted by Gasteiger charge is -2.19. The van der Waals surface area contributed by atoms with Crippen molar-refractivity contribution in [2.24, 2.45) is 0 Å². The van der Waals surface area contributed by atoms with Crippen molar-refractivity contribution < 1.29 is 27.8 Å². The van der Waals surface area contributed by atoms with Crippen LogP contribution in [0.4, 0.5) is 14.5 Å². The zero-order valence-electron chi connectivity index (χ0n) is 14.6. The number of nitriles is 1. The lowest BCUT2D eigenvalue weighted by atomic mass is 10.2. The van der Waals surface area contributed by atoms with Gasteiger partial charge in [0.1, 0.15) is 12.3 Å². The maximum Gasteiger partial charge on any atom is 0.387 e. The van der Waals surface area contributed by atoms with Crippen LogP contribution in [-0.2, 0) is 14.3 Å². The van der Waals surface area contributed by atoms with Gasteiger partial charge in [0, 0.05) is 11.8 Å². The average Bonchev–Trinajstić information content (AvgIpc) is 2.70. The van der Waals surface area contributed by atoms with Crippen LogP contribution in [0.2, 0.25) is 0 Å². The minimum atomic E-state index is -2.91. The molecule has 0 aliphatic rings. The number of nitrogens with zero attached hydrogens (tertiary/aromatic N) is 2. The van der Waals surface area contributed by atoms with Crippen molar-refractivity contribution >= 4 is 23.6 Å². The highest BCUT2D eigenvalue weighted by Crippen LogP contribution is 2.16. The summed E-state index contributed by atoms with van der Waals surface area (Å²) in [6, 6.07) is 16.1. The molecule has 0 saturated carbocycles. The summed E-state index contributed by atoms with van der Waals surface area (Å²) in [5.41, 5.74) is 1.08. The van der Waals surface area contributed by atoms with Gasteiger partial charge in [-0.1, -0.05) is 30.3 Å². The summed E-state index contributed by atoms with van der Waals surface area (Å²) in [6.07, 6.45) is 2.51. The van der Waals surface area contributed by atoms with E-state index < -0.39 is 25.1 Å². The molecule has 2 aromatic carbocycles. The van der Waals surface area contributed by atoms with Gasteiger partial charge in [-0.25, -0.2) is 4.79 Å². The quantitative estimate of drug-likeness (QED) is 0.395. The number of halogens is 2. The number of amides is 1. The maximum atomic E-state index is 12.2. The zero-order chi connectivity index (χ0) is 20.4. The Kier molecular flexibility index (Phi) is 7.66. The Bertz CT molecular complexity index is 862. The van der Waals surface area contributed by atoms with Gasteiger partial charge in [0.25, 0.3) is 5.91 Å². The maximum absolute atomic E-state index is 12.2. The van der Waals surface area contributed by atoms with Gasteiger partial charge < -0.3 is 9.47 Å². The van der Waals surface area contributed by atoms with Gasteiger partial charge in [-0.2, -0.15) is 14.0 Å². The first-order valence-corrected chi connectivity index (χ1v) is 8.11. The van der Waals surface area contributed by atoms with Crippen LogP contribution in [0.15, 0.2) is 60.7 Å². The number of hydrogen-bond donors (Lipinski definition) is 0. The van der Waals surface area contributed by atoms with Crippen molar-refractivity contribution in [1.82, 2.24) is 0 Å². The molecule has 0 fully saturated rings. The lowest BCUT2D eigenvalue weighted by molar-refractivity contribution is -0.142. The Balaban J connectivity index is 1.89. The number of carbonyl (C=O) groups excluding carboxylic acids is 2. The molecule has 0 heterocycles. The van der Waals surface area contributed by atoms with Gasteiger partial charge in [0.2, 0.25) is 0 Å². The molecule has 0 saturated heterocycles. The minimum Gasteiger partial charge on any atom is -0.452 e. The number of carbonyl (C=O) groups is 2. The lowest BCUT2D eigenvalue weighted by Crippen LogP contribution is -2.34. The second-order valence-corrected chi connectivity index (χ2v) is 5.36. The fourth-order valence-corrected chi connectivity index (χ4v) is 2.19. The van der Waals surface area contributed by atoms with Crippen molar-refractivity contribution in [2.75, 3.05) is 18.1 Å². The summed E-state index contributed by atoms with van der Waals surface area (Å²) in [7, 11) is 0. The third-order valence-corrected chi connectivity index (χ3v) is 3.45. The van der Waals surface area contributed by atoms with Crippen molar-refractivity contribution in [3.63, 3.8) is 0 Å². The molecule has 0 radical (unpaired) electrons. The van der Waals surface area contributed by atoms with E-state index in [-0.39, 0.29) is 12.3 Å². The Morgan fingerprint density at radius 1 is 1.11 bits per heavy atom. The van der Waals surface area contributed by atoms with Gasteiger partial charge in [0.15, 0.2) is 6.61 Å². The molecular weight excluding hydrogens is 370 g/mol. The molecule has 0 bridgehead atoms. The van der Waals surface area contributed by atoms with Crippen LogP contribution in [0.3, 0.4) is 0 Å². The van der Waals surface area contributed by atoms with E-state index in [1.165, 1.54) is 35.2 Å². The number of para-hydroxylation sites is 1. The van der Waals surface area contributed by atoms with E-state index in [1.807, 2.05) is 6.07 Å². The average molecular weight is 386 g/mol. The summed E-state index contributed by atoms with van der Waals surface area (Å²) in [6.45, 7) is -3.62. The van der Waals surface area contributed by atoms with E-state index in [4.69, 9.17) is 10.00 Å². The predicted octanol–water partition coefficient (Wildman–Crippen LogP) is 3.40. The Hall–Kier alpha value is -3.73. The number of rotatable bonds is 8. The third-order valence-electron chi connectivity index (χ3n) is 3.45. The molecule has 0 aliphatic carbocycles. The summed E-state index contributed by atoms with van der Waals surface area (Å²) < 4.78 is 33.3. The Morgan fingerprint density at radius 2 is 1.79 bits per heavy atom. The monoisotopic (exact) mass is 386 g/mol. The topological polar surface area (TPSA) is 79.6 Å². The van der Waals surface area contributed by atoms with Crippen LogP contribution in [0, 0.1) is 11.3 Å². The van der Waals surface area contributed by atoms with Crippen LogP contribution in [0.25, 0.3) is 6.08 Å². The molecule has 144 valence electrons. The van der Waals surface area contributed by atoms with Gasteiger partial charge in [-0.3, -0.25) is 9.69 Å². The molecule has 1 amide bonds. The van der Waals surface area contributed by atoms with E-state index in [0.29, 0.717) is 11.3 Å². The van der Waals surface area contributed by atoms with E-state index in [0.717, 1.165) is 6.08 Å². The van der Waals surface area contributed by atoms with Crippen LogP contribution in [0.5, 0.6) is 5.75 Å². The van der Waals surface area contributed by atoms with Crippen molar-refractivity contribution in [1.29, 1.82) is 5.26 Å². The molecule has 0 N–H and O–H groups in total. The summed E-state index contributed by atoms with van der Waals surface area (Å²) >= 11 is 0. The summed E-state index contributed by atoms with van der Waals surface area (Å²) in [4.78, 5) is 25.2. The minimum absolute atomic E-state index is 0.00109. The largest absolute Gasteiger partial charge is 0.452 e. The van der Waals surface area contributed by atoms with Crippen LogP contribution >= 0.6 is 0 Å². The van der Waals surface area contributed by atoms with Crippen molar-refractivity contribution in [3.8, 4) is 11.8 Å². The SMILES string of the molecule is N#CCN(C(=O)COC(=O)/C=C/c1ccc(OC(F)F)cc1)c1ccccc1. The smallest absolute Gasteiger partial charge is 0.387 e. The van der Waals surface area contributed by atoms with E-state index in [2.05, 4.69) is 4.74 Å². The number of benzene rings is 2. The zero-order valence-corrected chi connectivity index (χ0v) is 14.6. The molecule has 2 rings (SSSR count). The number of hydrogen-bond acceptors (Lipinski definition) is 5. The molecule has 28 heavy (non-hydrogen) atoms. The standard InChI is InChI=1S/C20H16F2N2O4/c21-20(22)28-17-9-6-15(7-10-17)8-11-19(26)27-14-18(25)24(13-12-23)16-4-2-1-3-5-16/h1-11,20H,13-14H2/b11-8+. The van der Waals surface area contributed by atoms with Crippen LogP contribution in [-0.4, -0.2) is 31.6 Å². The highest BCUT2D eigenvalue weighted by molar-refractivity contribution is 5.96. The van der Waals surface area contributed by atoms with Crippen LogP contribution in [0.1, 0.15) is 5.56 Å². The summed E-state index contributed by atoms with van der Waals surface area (Å²) in [5.74, 6) is -1.30. The number of esters is 1. The molecule has 0 aliphatic heterocycles. The second kappa shape index (κ2) is 10.4. The van der Waals surface area contributed by atoms with Gasteiger partial charge in [0.05, 0.1) is 6.07 Å². The number of anilines is 1. The second-order valence-electron chi connectivity index (χ2n) is 5.36. The summed E-state index contributed by atoms with van der Waals surface area (Å²) in [5, 5.41) is 8.89. The molecule has 2 aromatic rings. The third kappa shape index (κ3) is 6.53. The molecular formula is C20H16F2N2O4. The Labute approximate surface area is 160 Å². The molecule has 0 spiro atoms. The van der Waals surface area contributed by atoms with E-state index >= 15 is 0 Å². The first-order chi connectivity index (χ1) is 13.5. The number of ether oxygens (including phenoxy) is 2. The molecule has 0 unspecified atom stereocenters. The van der Waals surface area contributed by atoms with Gasteiger partial charge in [-0.15, -0.1) is 0 Å². The molecule has 8 heteroatoms. The van der Waals surface area contributed by atoms with E-state index in [1.54, 1.807) is 30.3 Å². The molecule has 0 atom stereocenters. The first kappa shape index (κ1) is 20.6.